The van der Waals surface area contributed by atoms with Gasteiger partial charge in [-0.25, -0.2) is 4.98 Å². The third-order valence-corrected chi connectivity index (χ3v) is 4.49. The summed E-state index contributed by atoms with van der Waals surface area (Å²) in [6.45, 7) is 4.25. The van der Waals surface area contributed by atoms with Crippen molar-refractivity contribution in [2.45, 2.75) is 32.6 Å². The molecule has 0 aliphatic heterocycles. The first kappa shape index (κ1) is 15.2. The van der Waals surface area contributed by atoms with E-state index in [4.69, 9.17) is 0 Å². The summed E-state index contributed by atoms with van der Waals surface area (Å²) >= 11 is 5.04. The van der Waals surface area contributed by atoms with Crippen LogP contribution in [0.3, 0.4) is 0 Å². The maximum atomic E-state index is 11.9. The van der Waals surface area contributed by atoms with Crippen LogP contribution in [0.15, 0.2) is 34.1 Å². The van der Waals surface area contributed by atoms with E-state index in [-0.39, 0.29) is 5.91 Å². The largest absolute Gasteiger partial charge is 0.325 e. The topological polar surface area (TPSA) is 42.0 Å². The zero-order valence-corrected chi connectivity index (χ0v) is 13.9. The van der Waals surface area contributed by atoms with Crippen molar-refractivity contribution in [2.75, 3.05) is 5.32 Å². The van der Waals surface area contributed by atoms with Crippen LogP contribution in [0.1, 0.15) is 36.9 Å². The minimum Gasteiger partial charge on any atom is -0.325 e. The number of rotatable bonds is 5. The molecular weight excluding hydrogens is 336 g/mol. The predicted octanol–water partition coefficient (Wildman–Crippen LogP) is 4.60. The molecule has 0 saturated heterocycles. The summed E-state index contributed by atoms with van der Waals surface area (Å²) < 4.78 is 0.893. The lowest BCUT2D eigenvalue weighted by Crippen LogP contribution is -2.12. The summed E-state index contributed by atoms with van der Waals surface area (Å²) in [6.07, 6.45) is 1.14. The number of aromatic nitrogens is 1. The lowest BCUT2D eigenvalue weighted by atomic mass is 10.2. The average molecular weight is 353 g/mol. The SMILES string of the molecule is CC(C)c1csc(CCC(=O)Nc2ccccc2Br)n1. The van der Waals surface area contributed by atoms with Gasteiger partial charge in [0.05, 0.1) is 16.4 Å². The molecule has 0 saturated carbocycles. The number of para-hydroxylation sites is 1. The highest BCUT2D eigenvalue weighted by Gasteiger charge is 2.09. The van der Waals surface area contributed by atoms with E-state index in [2.05, 4.69) is 45.5 Å². The van der Waals surface area contributed by atoms with Gasteiger partial charge in [-0.1, -0.05) is 26.0 Å². The van der Waals surface area contributed by atoms with E-state index in [0.29, 0.717) is 18.8 Å². The second kappa shape index (κ2) is 6.99. The van der Waals surface area contributed by atoms with Gasteiger partial charge < -0.3 is 5.32 Å². The number of carbonyl (C=O) groups is 1. The van der Waals surface area contributed by atoms with Crippen molar-refractivity contribution in [1.82, 2.24) is 4.98 Å². The van der Waals surface area contributed by atoms with Crippen LogP contribution in [-0.4, -0.2) is 10.9 Å². The summed E-state index contributed by atoms with van der Waals surface area (Å²) in [5.41, 5.74) is 1.91. The quantitative estimate of drug-likeness (QED) is 0.854. The van der Waals surface area contributed by atoms with E-state index in [1.54, 1.807) is 11.3 Å². The molecule has 2 rings (SSSR count). The predicted molar refractivity (Wildman–Crippen MR) is 87.3 cm³/mol. The van der Waals surface area contributed by atoms with Crippen LogP contribution in [-0.2, 0) is 11.2 Å². The fourth-order valence-electron chi connectivity index (χ4n) is 1.70. The van der Waals surface area contributed by atoms with E-state index in [1.807, 2.05) is 24.3 Å². The Hall–Kier alpha value is -1.20. The second-order valence-electron chi connectivity index (χ2n) is 4.85. The van der Waals surface area contributed by atoms with Crippen molar-refractivity contribution < 1.29 is 4.79 Å². The summed E-state index contributed by atoms with van der Waals surface area (Å²) in [5, 5.41) is 6.00. The third-order valence-electron chi connectivity index (χ3n) is 2.87. The first-order chi connectivity index (χ1) is 9.56. The molecule has 20 heavy (non-hydrogen) atoms. The second-order valence-corrected chi connectivity index (χ2v) is 6.65. The summed E-state index contributed by atoms with van der Waals surface area (Å²) in [4.78, 5) is 16.5. The highest BCUT2D eigenvalue weighted by atomic mass is 79.9. The molecule has 0 aliphatic carbocycles. The number of benzene rings is 1. The van der Waals surface area contributed by atoms with Crippen molar-refractivity contribution in [3.8, 4) is 0 Å². The number of aryl methyl sites for hydroxylation is 1. The minimum absolute atomic E-state index is 0.0122. The van der Waals surface area contributed by atoms with Gasteiger partial charge in [-0.3, -0.25) is 4.79 Å². The van der Waals surface area contributed by atoms with Crippen molar-refractivity contribution in [1.29, 1.82) is 0 Å². The van der Waals surface area contributed by atoms with Gasteiger partial charge in [0, 0.05) is 22.7 Å². The van der Waals surface area contributed by atoms with E-state index >= 15 is 0 Å². The highest BCUT2D eigenvalue weighted by molar-refractivity contribution is 9.10. The molecule has 0 fully saturated rings. The molecule has 1 N–H and O–H groups in total. The zero-order valence-electron chi connectivity index (χ0n) is 11.5. The van der Waals surface area contributed by atoms with Crippen LogP contribution in [0.4, 0.5) is 5.69 Å². The number of nitrogens with zero attached hydrogens (tertiary/aromatic N) is 1. The number of amides is 1. The molecule has 5 heteroatoms. The summed E-state index contributed by atoms with van der Waals surface area (Å²) in [6, 6.07) is 7.60. The molecule has 106 valence electrons. The van der Waals surface area contributed by atoms with Crippen LogP contribution >= 0.6 is 27.3 Å². The fourth-order valence-corrected chi connectivity index (χ4v) is 3.04. The van der Waals surface area contributed by atoms with Crippen LogP contribution in [0, 0.1) is 0 Å². The summed E-state index contributed by atoms with van der Waals surface area (Å²) in [7, 11) is 0. The molecule has 3 nitrogen and oxygen atoms in total. The Morgan fingerprint density at radius 2 is 2.15 bits per heavy atom. The van der Waals surface area contributed by atoms with Crippen LogP contribution < -0.4 is 5.32 Å². The number of halogens is 1. The molecule has 0 atom stereocenters. The maximum Gasteiger partial charge on any atom is 0.224 e. The minimum atomic E-state index is 0.0122. The molecule has 0 unspecified atom stereocenters. The van der Waals surface area contributed by atoms with Gasteiger partial charge in [0.25, 0.3) is 0 Å². The Balaban J connectivity index is 1.87. The van der Waals surface area contributed by atoms with Crippen LogP contribution in [0.5, 0.6) is 0 Å². The van der Waals surface area contributed by atoms with Crippen molar-refractivity contribution in [2.24, 2.45) is 0 Å². The Bertz CT molecular complexity index is 595. The molecule has 0 radical (unpaired) electrons. The van der Waals surface area contributed by atoms with Gasteiger partial charge >= 0.3 is 0 Å². The smallest absolute Gasteiger partial charge is 0.224 e. The Labute approximate surface area is 131 Å². The number of thiazole rings is 1. The molecule has 1 heterocycles. The van der Waals surface area contributed by atoms with Gasteiger partial charge in [0.2, 0.25) is 5.91 Å². The molecule has 1 aromatic carbocycles. The van der Waals surface area contributed by atoms with Crippen molar-refractivity contribution in [3.05, 3.63) is 44.8 Å². The van der Waals surface area contributed by atoms with E-state index in [1.165, 1.54) is 0 Å². The average Bonchev–Trinajstić information content (AvgIpc) is 2.88. The highest BCUT2D eigenvalue weighted by Crippen LogP contribution is 2.22. The molecule has 0 bridgehead atoms. The Kier molecular flexibility index (Phi) is 5.31. The van der Waals surface area contributed by atoms with Gasteiger partial charge in [-0.05, 0) is 34.0 Å². The monoisotopic (exact) mass is 352 g/mol. The Morgan fingerprint density at radius 1 is 1.40 bits per heavy atom. The number of nitrogens with one attached hydrogen (secondary N) is 1. The van der Waals surface area contributed by atoms with Gasteiger partial charge in [-0.2, -0.15) is 0 Å². The van der Waals surface area contributed by atoms with Gasteiger partial charge in [-0.15, -0.1) is 11.3 Å². The number of hydrogen-bond donors (Lipinski definition) is 1. The number of anilines is 1. The van der Waals surface area contributed by atoms with Gasteiger partial charge in [0.15, 0.2) is 0 Å². The zero-order chi connectivity index (χ0) is 14.5. The van der Waals surface area contributed by atoms with Crippen molar-refractivity contribution >= 4 is 38.9 Å². The molecule has 2 aromatic rings. The lowest BCUT2D eigenvalue weighted by Gasteiger charge is -2.06. The number of carbonyl (C=O) groups excluding carboxylic acids is 1. The molecule has 1 aromatic heterocycles. The Morgan fingerprint density at radius 3 is 2.80 bits per heavy atom. The van der Waals surface area contributed by atoms with Crippen molar-refractivity contribution in [3.63, 3.8) is 0 Å². The van der Waals surface area contributed by atoms with E-state index in [0.717, 1.165) is 20.9 Å². The molecular formula is C15H17BrN2OS. The molecule has 0 spiro atoms. The number of hydrogen-bond acceptors (Lipinski definition) is 3. The first-order valence-corrected chi connectivity index (χ1v) is 8.22. The molecule has 0 aliphatic rings. The lowest BCUT2D eigenvalue weighted by molar-refractivity contribution is -0.116. The van der Waals surface area contributed by atoms with Crippen LogP contribution in [0.2, 0.25) is 0 Å². The maximum absolute atomic E-state index is 11.9. The fraction of sp³-hybridized carbons (Fsp3) is 0.333. The van der Waals surface area contributed by atoms with Gasteiger partial charge in [0.1, 0.15) is 0 Å². The third kappa shape index (κ3) is 4.15. The van der Waals surface area contributed by atoms with E-state index < -0.39 is 0 Å². The molecule has 1 amide bonds. The standard InChI is InChI=1S/C15H17BrN2OS/c1-10(2)13-9-20-15(18-13)8-7-14(19)17-12-6-4-3-5-11(12)16/h3-6,9-10H,7-8H2,1-2H3,(H,17,19). The van der Waals surface area contributed by atoms with Crippen LogP contribution in [0.25, 0.3) is 0 Å². The normalized spacial score (nSPS) is 10.8. The summed E-state index contributed by atoms with van der Waals surface area (Å²) in [5.74, 6) is 0.451. The first-order valence-electron chi connectivity index (χ1n) is 6.55. The van der Waals surface area contributed by atoms with E-state index in [9.17, 15) is 4.79 Å².